The summed E-state index contributed by atoms with van der Waals surface area (Å²) in [5, 5.41) is 0. The number of benzene rings is 2. The fraction of sp³-hybridized carbons (Fsp3) is 0.143. The number of hydrogen-bond donors (Lipinski definition) is 1. The summed E-state index contributed by atoms with van der Waals surface area (Å²) in [6.45, 7) is 0.851. The predicted octanol–water partition coefficient (Wildman–Crippen LogP) is 2.40. The van der Waals surface area contributed by atoms with Gasteiger partial charge in [0, 0.05) is 6.07 Å². The van der Waals surface area contributed by atoms with Crippen molar-refractivity contribution in [1.29, 1.82) is 0 Å². The van der Waals surface area contributed by atoms with Gasteiger partial charge in [0.25, 0.3) is 10.0 Å². The minimum absolute atomic E-state index is 0.280. The zero-order chi connectivity index (χ0) is 14.9. The Balaban J connectivity index is 1.91. The summed E-state index contributed by atoms with van der Waals surface area (Å²) < 4.78 is 51.0. The van der Waals surface area contributed by atoms with Crippen LogP contribution in [-0.4, -0.2) is 21.6 Å². The summed E-state index contributed by atoms with van der Waals surface area (Å²) >= 11 is 0. The molecule has 21 heavy (non-hydrogen) atoms. The largest absolute Gasteiger partial charge is 0.486 e. The van der Waals surface area contributed by atoms with E-state index in [4.69, 9.17) is 9.47 Å². The Bertz CT molecular complexity index is 776. The molecule has 1 aliphatic rings. The Labute approximate surface area is 121 Å². The van der Waals surface area contributed by atoms with E-state index in [1.165, 1.54) is 30.3 Å². The standard InChI is InChI=1S/C14H12FNO4S/c15-11-3-1-2-4-14(11)21(17,18)16-10-5-6-12-13(9-10)20-8-7-19-12/h1-6,9,16H,7-8H2. The lowest BCUT2D eigenvalue weighted by Crippen LogP contribution is -2.17. The van der Waals surface area contributed by atoms with Crippen LogP contribution in [0.1, 0.15) is 0 Å². The topological polar surface area (TPSA) is 64.6 Å². The van der Waals surface area contributed by atoms with Crippen LogP contribution >= 0.6 is 0 Å². The maximum absolute atomic E-state index is 13.6. The summed E-state index contributed by atoms with van der Waals surface area (Å²) in [4.78, 5) is -0.403. The average Bonchev–Trinajstić information content (AvgIpc) is 2.47. The second-order valence-corrected chi connectivity index (χ2v) is 6.05. The number of rotatable bonds is 3. The highest BCUT2D eigenvalue weighted by Crippen LogP contribution is 2.33. The molecule has 0 spiro atoms. The molecule has 0 radical (unpaired) electrons. The van der Waals surface area contributed by atoms with Gasteiger partial charge in [-0.1, -0.05) is 12.1 Å². The van der Waals surface area contributed by atoms with E-state index in [1.54, 1.807) is 6.07 Å². The molecule has 110 valence electrons. The van der Waals surface area contributed by atoms with Gasteiger partial charge < -0.3 is 9.47 Å². The minimum Gasteiger partial charge on any atom is -0.486 e. The van der Waals surface area contributed by atoms with Gasteiger partial charge in [-0.25, -0.2) is 12.8 Å². The molecule has 0 unspecified atom stereocenters. The molecule has 0 atom stereocenters. The van der Waals surface area contributed by atoms with Gasteiger partial charge in [0.15, 0.2) is 11.5 Å². The fourth-order valence-electron chi connectivity index (χ4n) is 1.98. The van der Waals surface area contributed by atoms with Gasteiger partial charge in [-0.2, -0.15) is 0 Å². The number of sulfonamides is 1. The van der Waals surface area contributed by atoms with Crippen LogP contribution in [0.3, 0.4) is 0 Å². The summed E-state index contributed by atoms with van der Waals surface area (Å²) in [5.41, 5.74) is 0.280. The number of fused-ring (bicyclic) bond motifs is 1. The molecule has 0 aliphatic carbocycles. The van der Waals surface area contributed by atoms with Crippen molar-refractivity contribution < 1.29 is 22.3 Å². The molecule has 7 heteroatoms. The van der Waals surface area contributed by atoms with Crippen LogP contribution in [0.15, 0.2) is 47.4 Å². The van der Waals surface area contributed by atoms with Crippen LogP contribution < -0.4 is 14.2 Å². The van der Waals surface area contributed by atoms with E-state index < -0.39 is 20.7 Å². The van der Waals surface area contributed by atoms with Crippen LogP contribution in [0.5, 0.6) is 11.5 Å². The average molecular weight is 309 g/mol. The van der Waals surface area contributed by atoms with Crippen LogP contribution in [0.4, 0.5) is 10.1 Å². The zero-order valence-corrected chi connectivity index (χ0v) is 11.7. The summed E-state index contributed by atoms with van der Waals surface area (Å²) in [6, 6.07) is 9.83. The zero-order valence-electron chi connectivity index (χ0n) is 10.9. The van der Waals surface area contributed by atoms with Crippen LogP contribution in [0, 0.1) is 5.82 Å². The van der Waals surface area contributed by atoms with Crippen molar-refractivity contribution in [1.82, 2.24) is 0 Å². The second-order valence-electron chi connectivity index (χ2n) is 4.39. The highest BCUT2D eigenvalue weighted by Gasteiger charge is 2.20. The van der Waals surface area contributed by atoms with Gasteiger partial charge in [0.05, 0.1) is 5.69 Å². The molecule has 0 amide bonds. The first-order chi connectivity index (χ1) is 10.1. The van der Waals surface area contributed by atoms with Crippen LogP contribution in [-0.2, 0) is 10.0 Å². The molecule has 1 heterocycles. The Morgan fingerprint density at radius 3 is 2.48 bits per heavy atom. The molecule has 0 bridgehead atoms. The molecule has 2 aromatic carbocycles. The van der Waals surface area contributed by atoms with Crippen molar-refractivity contribution in [3.63, 3.8) is 0 Å². The molecule has 0 aromatic heterocycles. The van der Waals surface area contributed by atoms with Crippen molar-refractivity contribution in [3.05, 3.63) is 48.3 Å². The highest BCUT2D eigenvalue weighted by atomic mass is 32.2. The van der Waals surface area contributed by atoms with E-state index in [9.17, 15) is 12.8 Å². The lowest BCUT2D eigenvalue weighted by molar-refractivity contribution is 0.171. The third kappa shape index (κ3) is 2.78. The molecule has 0 fully saturated rings. The molecule has 2 aromatic rings. The van der Waals surface area contributed by atoms with Gasteiger partial charge in [-0.15, -0.1) is 0 Å². The summed E-state index contributed by atoms with van der Waals surface area (Å²) in [5.74, 6) is 0.201. The summed E-state index contributed by atoms with van der Waals surface area (Å²) in [7, 11) is -3.99. The smallest absolute Gasteiger partial charge is 0.264 e. The van der Waals surface area contributed by atoms with Crippen LogP contribution in [0.2, 0.25) is 0 Å². The first kappa shape index (κ1) is 13.7. The number of hydrogen-bond acceptors (Lipinski definition) is 4. The summed E-state index contributed by atoms with van der Waals surface area (Å²) in [6.07, 6.45) is 0. The van der Waals surface area contributed by atoms with Gasteiger partial charge in [-0.05, 0) is 24.3 Å². The van der Waals surface area contributed by atoms with Gasteiger partial charge in [-0.3, -0.25) is 4.72 Å². The van der Waals surface area contributed by atoms with E-state index in [0.29, 0.717) is 24.7 Å². The molecule has 0 saturated heterocycles. The normalized spacial score (nSPS) is 13.8. The van der Waals surface area contributed by atoms with Gasteiger partial charge >= 0.3 is 0 Å². The van der Waals surface area contributed by atoms with E-state index in [1.807, 2.05) is 0 Å². The molecule has 5 nitrogen and oxygen atoms in total. The molecule has 1 N–H and O–H groups in total. The van der Waals surface area contributed by atoms with Gasteiger partial charge in [0.1, 0.15) is 23.9 Å². The minimum atomic E-state index is -3.99. The monoisotopic (exact) mass is 309 g/mol. The van der Waals surface area contributed by atoms with Crippen molar-refractivity contribution in [2.75, 3.05) is 17.9 Å². The fourth-order valence-corrected chi connectivity index (χ4v) is 3.11. The Hall–Kier alpha value is -2.28. The highest BCUT2D eigenvalue weighted by molar-refractivity contribution is 7.92. The number of ether oxygens (including phenoxy) is 2. The molecule has 1 aliphatic heterocycles. The quantitative estimate of drug-likeness (QED) is 0.945. The van der Waals surface area contributed by atoms with Crippen LogP contribution in [0.25, 0.3) is 0 Å². The van der Waals surface area contributed by atoms with Gasteiger partial charge in [0.2, 0.25) is 0 Å². The Kier molecular flexibility index (Phi) is 3.42. The number of anilines is 1. The third-order valence-electron chi connectivity index (χ3n) is 2.92. The third-order valence-corrected chi connectivity index (χ3v) is 4.34. The first-order valence-corrected chi connectivity index (χ1v) is 7.71. The van der Waals surface area contributed by atoms with Crippen molar-refractivity contribution >= 4 is 15.7 Å². The molecular weight excluding hydrogens is 297 g/mol. The van der Waals surface area contributed by atoms with Crippen molar-refractivity contribution in [2.45, 2.75) is 4.90 Å². The molecule has 3 rings (SSSR count). The number of nitrogens with one attached hydrogen (secondary N) is 1. The van der Waals surface area contributed by atoms with E-state index in [0.717, 1.165) is 6.07 Å². The van der Waals surface area contributed by atoms with E-state index >= 15 is 0 Å². The Morgan fingerprint density at radius 2 is 1.71 bits per heavy atom. The van der Waals surface area contributed by atoms with E-state index in [-0.39, 0.29) is 5.69 Å². The van der Waals surface area contributed by atoms with E-state index in [2.05, 4.69) is 4.72 Å². The first-order valence-electron chi connectivity index (χ1n) is 6.23. The van der Waals surface area contributed by atoms with Crippen molar-refractivity contribution in [3.8, 4) is 11.5 Å². The SMILES string of the molecule is O=S(=O)(Nc1ccc2c(c1)OCCO2)c1ccccc1F. The van der Waals surface area contributed by atoms with Crippen molar-refractivity contribution in [2.24, 2.45) is 0 Å². The predicted molar refractivity (Wildman–Crippen MR) is 74.6 cm³/mol. The second kappa shape index (κ2) is 5.25. The molecule has 0 saturated carbocycles. The maximum Gasteiger partial charge on any atom is 0.264 e. The number of halogens is 1. The molecular formula is C14H12FNO4S. The Morgan fingerprint density at radius 1 is 1.00 bits per heavy atom. The lowest BCUT2D eigenvalue weighted by atomic mass is 10.3. The lowest BCUT2D eigenvalue weighted by Gasteiger charge is -2.19. The maximum atomic E-state index is 13.6.